The van der Waals surface area contributed by atoms with Crippen LogP contribution in [0.2, 0.25) is 0 Å². The maximum absolute atomic E-state index is 12.9. The van der Waals surface area contributed by atoms with Crippen LogP contribution < -0.4 is 5.32 Å². The molecule has 0 aliphatic heterocycles. The highest BCUT2D eigenvalue weighted by atomic mass is 32.2. The van der Waals surface area contributed by atoms with Crippen molar-refractivity contribution in [3.63, 3.8) is 0 Å². The van der Waals surface area contributed by atoms with Gasteiger partial charge in [-0.2, -0.15) is 8.42 Å². The van der Waals surface area contributed by atoms with E-state index in [2.05, 4.69) is 5.32 Å². The number of aromatic hydroxyl groups is 1. The summed E-state index contributed by atoms with van der Waals surface area (Å²) in [5.74, 6) is -0.244. The first-order valence-corrected chi connectivity index (χ1v) is 13.0. The van der Waals surface area contributed by atoms with Crippen molar-refractivity contribution in [2.24, 2.45) is 0 Å². The Morgan fingerprint density at radius 1 is 1.00 bits per heavy atom. The van der Waals surface area contributed by atoms with Crippen molar-refractivity contribution in [1.29, 1.82) is 0 Å². The third kappa shape index (κ3) is 6.83. The number of aliphatic hydroxyl groups excluding tert-OH is 1. The van der Waals surface area contributed by atoms with Gasteiger partial charge in [0.15, 0.2) is 0 Å². The second-order valence-corrected chi connectivity index (χ2v) is 10.5. The Balaban J connectivity index is 1.74. The number of hydrogen-bond donors (Lipinski definition) is 3. The van der Waals surface area contributed by atoms with E-state index in [9.17, 15) is 23.4 Å². The summed E-state index contributed by atoms with van der Waals surface area (Å²) in [5, 5.41) is 23.5. The van der Waals surface area contributed by atoms with Gasteiger partial charge in [0.1, 0.15) is 5.75 Å². The molecule has 0 heterocycles. The average Bonchev–Trinajstić information content (AvgIpc) is 2.82. The highest BCUT2D eigenvalue weighted by Gasteiger charge is 2.26. The lowest BCUT2D eigenvalue weighted by Gasteiger charge is -2.24. The minimum absolute atomic E-state index is 0.0140. The second-order valence-electron chi connectivity index (χ2n) is 7.77. The number of carbonyl (C=O) groups is 1. The Morgan fingerprint density at radius 3 is 2.35 bits per heavy atom. The fourth-order valence-electron chi connectivity index (χ4n) is 3.12. The number of phenols is 1. The molecule has 0 aliphatic carbocycles. The summed E-state index contributed by atoms with van der Waals surface area (Å²) < 4.78 is 30.1. The van der Waals surface area contributed by atoms with Gasteiger partial charge in [-0.1, -0.05) is 42.0 Å². The summed E-state index contributed by atoms with van der Waals surface area (Å²) in [4.78, 5) is 13.8. The first-order valence-electron chi connectivity index (χ1n) is 10.6. The largest absolute Gasteiger partial charge is 0.508 e. The van der Waals surface area contributed by atoms with Crippen molar-refractivity contribution >= 4 is 27.8 Å². The first kappa shape index (κ1) is 25.8. The SMILES string of the molecule is Cc1ccc(S(=O)(=O)OC[C@@H](O)[C@H](CSc2ccccc2)NC(=O)c2cccc(O)c2C)cc1. The molecule has 0 spiro atoms. The topological polar surface area (TPSA) is 113 Å². The molecule has 9 heteroatoms. The van der Waals surface area contributed by atoms with Crippen LogP contribution in [0.3, 0.4) is 0 Å². The predicted octanol–water partition coefficient (Wildman–Crippen LogP) is 3.67. The molecule has 1 amide bonds. The van der Waals surface area contributed by atoms with E-state index < -0.39 is 34.8 Å². The molecule has 7 nitrogen and oxygen atoms in total. The lowest BCUT2D eigenvalue weighted by atomic mass is 10.1. The Kier molecular flexibility index (Phi) is 8.73. The lowest BCUT2D eigenvalue weighted by molar-refractivity contribution is 0.0704. The fourth-order valence-corrected chi connectivity index (χ4v) is 5.07. The summed E-state index contributed by atoms with van der Waals surface area (Å²) in [7, 11) is -4.08. The number of aryl methyl sites for hydroxylation is 1. The molecule has 2 atom stereocenters. The third-order valence-electron chi connectivity index (χ3n) is 5.21. The molecular formula is C25H27NO6S2. The second kappa shape index (κ2) is 11.5. The van der Waals surface area contributed by atoms with Crippen molar-refractivity contribution in [2.75, 3.05) is 12.4 Å². The third-order valence-corrected chi connectivity index (χ3v) is 7.63. The minimum atomic E-state index is -4.08. The summed E-state index contributed by atoms with van der Waals surface area (Å²) >= 11 is 1.40. The van der Waals surface area contributed by atoms with Crippen LogP contribution in [0, 0.1) is 13.8 Å². The number of nitrogens with one attached hydrogen (secondary N) is 1. The molecule has 0 aromatic heterocycles. The predicted molar refractivity (Wildman–Crippen MR) is 132 cm³/mol. The van der Waals surface area contributed by atoms with E-state index in [4.69, 9.17) is 4.18 Å². The molecule has 0 fully saturated rings. The first-order chi connectivity index (χ1) is 16.2. The zero-order valence-corrected chi connectivity index (χ0v) is 20.5. The van der Waals surface area contributed by atoms with Gasteiger partial charge in [0.05, 0.1) is 23.6 Å². The molecule has 0 aliphatic rings. The van der Waals surface area contributed by atoms with Crippen molar-refractivity contribution in [3.8, 4) is 5.75 Å². The molecule has 3 aromatic rings. The Morgan fingerprint density at radius 2 is 1.68 bits per heavy atom. The molecule has 0 radical (unpaired) electrons. The van der Waals surface area contributed by atoms with Gasteiger partial charge in [-0.3, -0.25) is 8.98 Å². The number of thioether (sulfide) groups is 1. The van der Waals surface area contributed by atoms with Crippen LogP contribution in [0.1, 0.15) is 21.5 Å². The molecular weight excluding hydrogens is 474 g/mol. The number of rotatable bonds is 10. The summed E-state index contributed by atoms with van der Waals surface area (Å²) in [6.45, 7) is 2.92. The van der Waals surface area contributed by atoms with Gasteiger partial charge in [0, 0.05) is 21.8 Å². The molecule has 180 valence electrons. The molecule has 3 N–H and O–H groups in total. The molecule has 3 rings (SSSR count). The van der Waals surface area contributed by atoms with Crippen LogP contribution in [0.15, 0.2) is 82.6 Å². The molecule has 34 heavy (non-hydrogen) atoms. The molecule has 0 saturated heterocycles. The van der Waals surface area contributed by atoms with E-state index in [1.165, 1.54) is 30.0 Å². The van der Waals surface area contributed by atoms with E-state index in [-0.39, 0.29) is 22.0 Å². The van der Waals surface area contributed by atoms with E-state index in [0.717, 1.165) is 10.5 Å². The highest BCUT2D eigenvalue weighted by molar-refractivity contribution is 7.99. The van der Waals surface area contributed by atoms with Gasteiger partial charge in [0.2, 0.25) is 0 Å². The van der Waals surface area contributed by atoms with Gasteiger partial charge in [-0.15, -0.1) is 11.8 Å². The highest BCUT2D eigenvalue weighted by Crippen LogP contribution is 2.22. The van der Waals surface area contributed by atoms with E-state index >= 15 is 0 Å². The Bertz CT molecular complexity index is 1210. The summed E-state index contributed by atoms with van der Waals surface area (Å²) in [6.07, 6.45) is -1.31. The van der Waals surface area contributed by atoms with Crippen LogP contribution in [0.25, 0.3) is 0 Å². The number of carbonyl (C=O) groups excluding carboxylic acids is 1. The number of aliphatic hydroxyl groups is 1. The maximum Gasteiger partial charge on any atom is 0.297 e. The smallest absolute Gasteiger partial charge is 0.297 e. The Labute approximate surface area is 203 Å². The molecule has 0 saturated carbocycles. The van der Waals surface area contributed by atoms with Crippen LogP contribution in [-0.4, -0.2) is 49.0 Å². The minimum Gasteiger partial charge on any atom is -0.508 e. The maximum atomic E-state index is 12.9. The van der Waals surface area contributed by atoms with Gasteiger partial charge in [0.25, 0.3) is 16.0 Å². The Hall–Kier alpha value is -2.85. The summed E-state index contributed by atoms with van der Waals surface area (Å²) in [6, 6.07) is 19.4. The fraction of sp³-hybridized carbons (Fsp3) is 0.240. The van der Waals surface area contributed by atoms with Crippen LogP contribution >= 0.6 is 11.8 Å². The normalized spacial score (nSPS) is 13.3. The van der Waals surface area contributed by atoms with E-state index in [1.807, 2.05) is 37.3 Å². The quantitative estimate of drug-likeness (QED) is 0.287. The van der Waals surface area contributed by atoms with Gasteiger partial charge in [-0.05, 0) is 50.2 Å². The lowest BCUT2D eigenvalue weighted by Crippen LogP contribution is -2.47. The molecule has 0 unspecified atom stereocenters. The zero-order chi connectivity index (χ0) is 24.7. The van der Waals surface area contributed by atoms with Gasteiger partial charge in [-0.25, -0.2) is 0 Å². The van der Waals surface area contributed by atoms with Crippen molar-refractivity contribution in [2.45, 2.75) is 35.8 Å². The van der Waals surface area contributed by atoms with E-state index in [1.54, 1.807) is 31.2 Å². The van der Waals surface area contributed by atoms with Gasteiger partial charge >= 0.3 is 0 Å². The number of phenolic OH excluding ortho intramolecular Hbond substituents is 1. The van der Waals surface area contributed by atoms with Gasteiger partial charge < -0.3 is 15.5 Å². The molecule has 3 aromatic carbocycles. The monoisotopic (exact) mass is 501 g/mol. The number of hydrogen-bond acceptors (Lipinski definition) is 7. The van der Waals surface area contributed by atoms with Crippen LogP contribution in [0.5, 0.6) is 5.75 Å². The summed E-state index contributed by atoms with van der Waals surface area (Å²) in [5.41, 5.74) is 1.57. The van der Waals surface area contributed by atoms with Crippen molar-refractivity contribution in [3.05, 3.63) is 89.5 Å². The van der Waals surface area contributed by atoms with Crippen molar-refractivity contribution < 1.29 is 27.6 Å². The standard InChI is InChI=1S/C25H27NO6S2/c1-17-11-13-20(14-12-17)34(30,31)32-15-24(28)22(16-33-19-7-4-3-5-8-19)26-25(29)21-9-6-10-23(27)18(21)2/h3-14,22,24,27-28H,15-16H2,1-2H3,(H,26,29)/t22-,24+/m0/s1. The zero-order valence-electron chi connectivity index (χ0n) is 18.8. The van der Waals surface area contributed by atoms with Crippen LogP contribution in [-0.2, 0) is 14.3 Å². The van der Waals surface area contributed by atoms with Crippen molar-refractivity contribution in [1.82, 2.24) is 5.32 Å². The average molecular weight is 502 g/mol. The van der Waals surface area contributed by atoms with E-state index in [0.29, 0.717) is 5.56 Å². The number of benzene rings is 3. The molecule has 0 bridgehead atoms. The number of amides is 1. The van der Waals surface area contributed by atoms with Crippen LogP contribution in [0.4, 0.5) is 0 Å².